The van der Waals surface area contributed by atoms with Gasteiger partial charge >= 0.3 is 0 Å². The summed E-state index contributed by atoms with van der Waals surface area (Å²) in [4.78, 5) is 0. The Morgan fingerprint density at radius 3 is 2.15 bits per heavy atom. The van der Waals surface area contributed by atoms with Crippen LogP contribution in [0.3, 0.4) is 0 Å². The summed E-state index contributed by atoms with van der Waals surface area (Å²) in [5.41, 5.74) is 1.42. The maximum absolute atomic E-state index is 8.68. The fourth-order valence-electron chi connectivity index (χ4n) is 2.39. The zero-order valence-electron chi connectivity index (χ0n) is 12.9. The normalized spacial score (nSPS) is 10.3. The van der Waals surface area contributed by atoms with Gasteiger partial charge < -0.3 is 22.1 Å². The van der Waals surface area contributed by atoms with E-state index < -0.39 is 0 Å². The van der Waals surface area contributed by atoms with Crippen LogP contribution in [0.25, 0.3) is 0 Å². The molecule has 1 aromatic rings. The molecule has 0 aliphatic carbocycles. The van der Waals surface area contributed by atoms with Crippen molar-refractivity contribution < 1.29 is 26.7 Å². The number of pyridine rings is 1. The Labute approximate surface area is 135 Å². The summed E-state index contributed by atoms with van der Waals surface area (Å²) in [6, 6.07) is 4.35. The highest BCUT2D eigenvalue weighted by Gasteiger charge is 2.01. The third-order valence-corrected chi connectivity index (χ3v) is 3.65. The van der Waals surface area contributed by atoms with Gasteiger partial charge in [-0.25, -0.2) is 4.57 Å². The summed E-state index contributed by atoms with van der Waals surface area (Å²) >= 11 is 0. The average Bonchev–Trinajstić information content (AvgIpc) is 2.46. The molecule has 1 N–H and O–H groups in total. The van der Waals surface area contributed by atoms with Crippen LogP contribution >= 0.6 is 0 Å². The standard InChI is InChI=1S/C17H30NO.BrH/c1-2-17-12-11-14-18(16-17)13-9-7-5-3-4-6-8-10-15-19;/h11-12,14,16,19H,2-10,13,15H2,1H3;1H/q+1;/p-1. The number of unbranched alkanes of at least 4 members (excludes halogenated alkanes) is 7. The Bertz CT molecular complexity index is 331. The van der Waals surface area contributed by atoms with Crippen LogP contribution < -0.4 is 21.5 Å². The van der Waals surface area contributed by atoms with E-state index in [-0.39, 0.29) is 17.0 Å². The summed E-state index contributed by atoms with van der Waals surface area (Å²) in [6.45, 7) is 3.71. The average molecular weight is 344 g/mol. The van der Waals surface area contributed by atoms with E-state index in [1.807, 2.05) is 0 Å². The number of aromatic nitrogens is 1. The molecule has 0 unspecified atom stereocenters. The van der Waals surface area contributed by atoms with Crippen molar-refractivity contribution in [2.45, 2.75) is 71.3 Å². The number of aliphatic hydroxyl groups is 1. The Kier molecular flexibility index (Phi) is 13.3. The first-order valence-corrected chi connectivity index (χ1v) is 7.95. The van der Waals surface area contributed by atoms with E-state index in [4.69, 9.17) is 5.11 Å². The quantitative estimate of drug-likeness (QED) is 0.463. The number of halogens is 1. The highest BCUT2D eigenvalue weighted by molar-refractivity contribution is 5.04. The number of nitrogens with zero attached hydrogens (tertiary/aromatic N) is 1. The molecule has 0 aliphatic rings. The molecule has 3 heteroatoms. The molecule has 0 fully saturated rings. The molecule has 116 valence electrons. The van der Waals surface area contributed by atoms with Gasteiger partial charge in [0.25, 0.3) is 0 Å². The van der Waals surface area contributed by atoms with Crippen LogP contribution in [0.4, 0.5) is 0 Å². The molecule has 1 rings (SSSR count). The van der Waals surface area contributed by atoms with Crippen LogP contribution in [0.2, 0.25) is 0 Å². The minimum Gasteiger partial charge on any atom is -1.00 e. The maximum atomic E-state index is 8.68. The fraction of sp³-hybridized carbons (Fsp3) is 0.706. The second-order valence-corrected chi connectivity index (χ2v) is 5.36. The topological polar surface area (TPSA) is 24.1 Å². The molecule has 1 aromatic heterocycles. The smallest absolute Gasteiger partial charge is 0.171 e. The van der Waals surface area contributed by atoms with E-state index in [0.29, 0.717) is 6.61 Å². The van der Waals surface area contributed by atoms with Crippen LogP contribution in [0, 0.1) is 0 Å². The van der Waals surface area contributed by atoms with Gasteiger partial charge in [0.1, 0.15) is 6.54 Å². The third kappa shape index (κ3) is 9.49. The number of aliphatic hydroxyl groups excluding tert-OH is 1. The predicted octanol–water partition coefficient (Wildman–Crippen LogP) is 0.654. The zero-order chi connectivity index (χ0) is 13.8. The monoisotopic (exact) mass is 343 g/mol. The number of hydrogen-bond donors (Lipinski definition) is 1. The van der Waals surface area contributed by atoms with Crippen molar-refractivity contribution in [3.05, 3.63) is 30.1 Å². The van der Waals surface area contributed by atoms with Gasteiger partial charge in [0.15, 0.2) is 12.4 Å². The van der Waals surface area contributed by atoms with Crippen molar-refractivity contribution in [3.63, 3.8) is 0 Å². The first-order valence-electron chi connectivity index (χ1n) is 7.95. The van der Waals surface area contributed by atoms with Crippen molar-refractivity contribution in [2.24, 2.45) is 0 Å². The molecule has 0 radical (unpaired) electrons. The second kappa shape index (κ2) is 13.6. The summed E-state index contributed by atoms with van der Waals surface area (Å²) in [5.74, 6) is 0. The lowest BCUT2D eigenvalue weighted by molar-refractivity contribution is -0.697. The Morgan fingerprint density at radius 2 is 1.55 bits per heavy atom. The van der Waals surface area contributed by atoms with Crippen molar-refractivity contribution >= 4 is 0 Å². The molecule has 0 saturated heterocycles. The highest BCUT2D eigenvalue weighted by Crippen LogP contribution is 2.08. The van der Waals surface area contributed by atoms with E-state index in [9.17, 15) is 0 Å². The van der Waals surface area contributed by atoms with Crippen LogP contribution in [-0.4, -0.2) is 11.7 Å². The van der Waals surface area contributed by atoms with Crippen LogP contribution in [0.5, 0.6) is 0 Å². The summed E-state index contributed by atoms with van der Waals surface area (Å²) < 4.78 is 2.32. The summed E-state index contributed by atoms with van der Waals surface area (Å²) in [7, 11) is 0. The van der Waals surface area contributed by atoms with Crippen LogP contribution in [0.15, 0.2) is 24.5 Å². The van der Waals surface area contributed by atoms with E-state index in [1.165, 1.54) is 50.5 Å². The molecule has 0 atom stereocenters. The predicted molar refractivity (Wildman–Crippen MR) is 80.0 cm³/mol. The number of aryl methyl sites for hydroxylation is 2. The molecule has 20 heavy (non-hydrogen) atoms. The van der Waals surface area contributed by atoms with Crippen LogP contribution in [-0.2, 0) is 13.0 Å². The number of hydrogen-bond acceptors (Lipinski definition) is 1. The van der Waals surface area contributed by atoms with Crippen molar-refractivity contribution in [2.75, 3.05) is 6.61 Å². The van der Waals surface area contributed by atoms with Gasteiger partial charge in [-0.2, -0.15) is 0 Å². The van der Waals surface area contributed by atoms with Crippen molar-refractivity contribution in [1.29, 1.82) is 0 Å². The minimum atomic E-state index is 0. The van der Waals surface area contributed by atoms with Gasteiger partial charge in [0.2, 0.25) is 0 Å². The molecule has 0 aliphatic heterocycles. The summed E-state index contributed by atoms with van der Waals surface area (Å²) in [6.07, 6.45) is 15.7. The number of rotatable bonds is 11. The highest BCUT2D eigenvalue weighted by atomic mass is 79.9. The van der Waals surface area contributed by atoms with E-state index in [0.717, 1.165) is 19.4 Å². The van der Waals surface area contributed by atoms with E-state index >= 15 is 0 Å². The van der Waals surface area contributed by atoms with Gasteiger partial charge in [-0.15, -0.1) is 0 Å². The lowest BCUT2D eigenvalue weighted by atomic mass is 10.1. The molecule has 0 spiro atoms. The third-order valence-electron chi connectivity index (χ3n) is 3.65. The molecule has 1 heterocycles. The van der Waals surface area contributed by atoms with E-state index in [2.05, 4.69) is 36.0 Å². The minimum absolute atomic E-state index is 0. The van der Waals surface area contributed by atoms with Gasteiger partial charge in [0.05, 0.1) is 0 Å². The van der Waals surface area contributed by atoms with Crippen molar-refractivity contribution in [3.8, 4) is 0 Å². The zero-order valence-corrected chi connectivity index (χ0v) is 14.4. The van der Waals surface area contributed by atoms with Gasteiger partial charge in [-0.3, -0.25) is 0 Å². The molecular weight excluding hydrogens is 314 g/mol. The molecule has 0 amide bonds. The maximum Gasteiger partial charge on any atom is 0.171 e. The molecule has 0 aromatic carbocycles. The molecule has 2 nitrogen and oxygen atoms in total. The largest absolute Gasteiger partial charge is 1.00 e. The van der Waals surface area contributed by atoms with Crippen molar-refractivity contribution in [1.82, 2.24) is 0 Å². The second-order valence-electron chi connectivity index (χ2n) is 5.36. The Hall–Kier alpha value is -0.410. The SMILES string of the molecule is CCc1ccc[n+](CCCCCCCCCCO)c1.[Br-]. The van der Waals surface area contributed by atoms with Gasteiger partial charge in [0, 0.05) is 24.7 Å². The summed E-state index contributed by atoms with van der Waals surface area (Å²) in [5, 5.41) is 8.68. The fourth-order valence-corrected chi connectivity index (χ4v) is 2.39. The molecule has 0 bridgehead atoms. The molecule has 0 saturated carbocycles. The Balaban J connectivity index is 0.00000361. The first kappa shape index (κ1) is 19.6. The van der Waals surface area contributed by atoms with Gasteiger partial charge in [-0.05, 0) is 25.3 Å². The lowest BCUT2D eigenvalue weighted by Crippen LogP contribution is -3.00. The van der Waals surface area contributed by atoms with E-state index in [1.54, 1.807) is 0 Å². The lowest BCUT2D eigenvalue weighted by Gasteiger charge is -2.01. The first-order chi connectivity index (χ1) is 9.36. The van der Waals surface area contributed by atoms with Crippen LogP contribution in [0.1, 0.15) is 63.9 Å². The molecular formula is C17H30BrNO. The Morgan fingerprint density at radius 1 is 0.950 bits per heavy atom. The van der Waals surface area contributed by atoms with Gasteiger partial charge in [-0.1, -0.05) is 39.0 Å².